The van der Waals surface area contributed by atoms with Gasteiger partial charge in [0.1, 0.15) is 6.04 Å². The van der Waals surface area contributed by atoms with Gasteiger partial charge in [0.05, 0.1) is 0 Å². The number of carboxylic acids is 1. The molecule has 1 rings (SSSR count). The van der Waals surface area contributed by atoms with E-state index in [1.54, 1.807) is 7.05 Å². The molecule has 0 aliphatic carbocycles. The first-order valence-electron chi connectivity index (χ1n) is 6.30. The van der Waals surface area contributed by atoms with Crippen LogP contribution in [0.2, 0.25) is 0 Å². The number of carboxylic acid groups (broad SMARTS) is 1. The minimum atomic E-state index is -0.763. The Morgan fingerprint density at radius 1 is 1.65 bits per heavy atom. The van der Waals surface area contributed by atoms with E-state index in [0.717, 1.165) is 19.0 Å². The van der Waals surface area contributed by atoms with Crippen LogP contribution in [-0.2, 0) is 4.79 Å². The van der Waals surface area contributed by atoms with Crippen LogP contribution in [0.4, 0.5) is 0 Å². The summed E-state index contributed by atoms with van der Waals surface area (Å²) in [6.07, 6.45) is 1.92. The Morgan fingerprint density at radius 2 is 2.35 bits per heavy atom. The molecular weight excluding hydrogens is 218 g/mol. The normalized spacial score (nSPS) is 23.2. The summed E-state index contributed by atoms with van der Waals surface area (Å²) in [5.74, 6) is -0.0237. The van der Waals surface area contributed by atoms with Crippen molar-refractivity contribution in [1.29, 1.82) is 0 Å². The molecule has 0 aromatic carbocycles. The number of likely N-dealkylation sites (N-methyl/N-ethyl adjacent to an activating group) is 1. The Hall–Kier alpha value is -0.650. The number of nitrogens with one attached hydrogen (secondary N) is 1. The molecule has 0 aromatic rings. The van der Waals surface area contributed by atoms with Gasteiger partial charge in [-0.3, -0.25) is 4.79 Å². The van der Waals surface area contributed by atoms with E-state index < -0.39 is 12.0 Å². The molecule has 0 saturated carbocycles. The lowest BCUT2D eigenvalue weighted by molar-refractivity contribution is -0.139. The zero-order chi connectivity index (χ0) is 12.8. The maximum atomic E-state index is 10.8. The number of hydrogen-bond donors (Lipinski definition) is 2. The highest BCUT2D eigenvalue weighted by Crippen LogP contribution is 2.15. The molecule has 1 aliphatic rings. The van der Waals surface area contributed by atoms with Gasteiger partial charge in [-0.1, -0.05) is 0 Å². The molecule has 1 fully saturated rings. The predicted molar refractivity (Wildman–Crippen MR) is 68.2 cm³/mol. The molecule has 2 atom stereocenters. The van der Waals surface area contributed by atoms with Crippen LogP contribution in [0.5, 0.6) is 0 Å². The lowest BCUT2D eigenvalue weighted by Crippen LogP contribution is -2.38. The fourth-order valence-electron chi connectivity index (χ4n) is 2.45. The summed E-state index contributed by atoms with van der Waals surface area (Å²) < 4.78 is 0. The van der Waals surface area contributed by atoms with Crippen LogP contribution in [-0.4, -0.2) is 74.2 Å². The second kappa shape index (κ2) is 6.93. The van der Waals surface area contributed by atoms with E-state index in [2.05, 4.69) is 29.2 Å². The van der Waals surface area contributed by atoms with Crippen molar-refractivity contribution < 1.29 is 9.90 Å². The van der Waals surface area contributed by atoms with Crippen molar-refractivity contribution in [2.24, 2.45) is 5.92 Å². The number of nitrogens with zero attached hydrogens (tertiary/aromatic N) is 2. The van der Waals surface area contributed by atoms with Crippen molar-refractivity contribution in [2.75, 3.05) is 47.3 Å². The highest BCUT2D eigenvalue weighted by atomic mass is 16.4. The van der Waals surface area contributed by atoms with E-state index in [9.17, 15) is 4.79 Å². The van der Waals surface area contributed by atoms with Gasteiger partial charge in [-0.15, -0.1) is 0 Å². The van der Waals surface area contributed by atoms with E-state index >= 15 is 0 Å². The summed E-state index contributed by atoms with van der Waals surface area (Å²) in [5, 5.41) is 11.7. The van der Waals surface area contributed by atoms with Crippen molar-refractivity contribution in [3.05, 3.63) is 0 Å². The smallest absolute Gasteiger partial charge is 0.320 e. The third kappa shape index (κ3) is 5.02. The van der Waals surface area contributed by atoms with Crippen molar-refractivity contribution in [1.82, 2.24) is 15.1 Å². The van der Waals surface area contributed by atoms with Crippen LogP contribution in [0.15, 0.2) is 0 Å². The van der Waals surface area contributed by atoms with E-state index in [-0.39, 0.29) is 0 Å². The predicted octanol–water partition coefficient (Wildman–Crippen LogP) is -0.0674. The molecule has 2 N–H and O–H groups in total. The zero-order valence-electron chi connectivity index (χ0n) is 11.1. The Kier molecular flexibility index (Phi) is 5.88. The molecule has 0 radical (unpaired) electrons. The standard InChI is InChI=1S/C12H25N3O2/c1-13-11(12(16)17)5-7-15(3)9-10-4-6-14(2)8-10/h10-11,13H,4-9H2,1-3H3,(H,16,17). The number of hydrogen-bond acceptors (Lipinski definition) is 4. The van der Waals surface area contributed by atoms with Gasteiger partial charge in [0.2, 0.25) is 0 Å². The molecule has 2 unspecified atom stereocenters. The summed E-state index contributed by atoms with van der Waals surface area (Å²) in [7, 11) is 5.93. The van der Waals surface area contributed by atoms with Crippen LogP contribution >= 0.6 is 0 Å². The van der Waals surface area contributed by atoms with Gasteiger partial charge in [0, 0.05) is 13.1 Å². The van der Waals surface area contributed by atoms with Gasteiger partial charge in [-0.25, -0.2) is 0 Å². The fraction of sp³-hybridized carbons (Fsp3) is 0.917. The minimum absolute atomic E-state index is 0.427. The highest BCUT2D eigenvalue weighted by Gasteiger charge is 2.21. The summed E-state index contributed by atoms with van der Waals surface area (Å²) in [5.41, 5.74) is 0. The number of likely N-dealkylation sites (tertiary alicyclic amines) is 1. The van der Waals surface area contributed by atoms with Crippen molar-refractivity contribution in [3.8, 4) is 0 Å². The van der Waals surface area contributed by atoms with Crippen molar-refractivity contribution in [3.63, 3.8) is 0 Å². The topological polar surface area (TPSA) is 55.8 Å². The lowest BCUT2D eigenvalue weighted by Gasteiger charge is -2.22. The summed E-state index contributed by atoms with van der Waals surface area (Å²) >= 11 is 0. The van der Waals surface area contributed by atoms with Crippen molar-refractivity contribution in [2.45, 2.75) is 18.9 Å². The molecule has 100 valence electrons. The molecular formula is C12H25N3O2. The first kappa shape index (κ1) is 14.4. The molecule has 0 bridgehead atoms. The van der Waals surface area contributed by atoms with E-state index in [1.165, 1.54) is 19.5 Å². The maximum Gasteiger partial charge on any atom is 0.320 e. The van der Waals surface area contributed by atoms with Crippen molar-refractivity contribution >= 4 is 5.97 Å². The van der Waals surface area contributed by atoms with Gasteiger partial charge in [0.25, 0.3) is 0 Å². The Labute approximate surface area is 104 Å². The molecule has 17 heavy (non-hydrogen) atoms. The van der Waals surface area contributed by atoms with Crippen LogP contribution in [0, 0.1) is 5.92 Å². The van der Waals surface area contributed by atoms with Gasteiger partial charge in [-0.2, -0.15) is 0 Å². The first-order valence-corrected chi connectivity index (χ1v) is 6.30. The lowest BCUT2D eigenvalue weighted by atomic mass is 10.1. The van der Waals surface area contributed by atoms with Gasteiger partial charge < -0.3 is 20.2 Å². The molecule has 0 aromatic heterocycles. The van der Waals surface area contributed by atoms with Crippen LogP contribution in [0.3, 0.4) is 0 Å². The van der Waals surface area contributed by atoms with Gasteiger partial charge in [-0.05, 0) is 53.0 Å². The monoisotopic (exact) mass is 243 g/mol. The Bertz CT molecular complexity index is 248. The Balaban J connectivity index is 2.20. The number of rotatable bonds is 7. The average Bonchev–Trinajstić information content (AvgIpc) is 2.64. The molecule has 1 saturated heterocycles. The third-order valence-corrected chi connectivity index (χ3v) is 3.50. The van der Waals surface area contributed by atoms with Crippen LogP contribution < -0.4 is 5.32 Å². The van der Waals surface area contributed by atoms with E-state index in [0.29, 0.717) is 6.42 Å². The molecule has 0 amide bonds. The van der Waals surface area contributed by atoms with Gasteiger partial charge >= 0.3 is 5.97 Å². The minimum Gasteiger partial charge on any atom is -0.480 e. The third-order valence-electron chi connectivity index (χ3n) is 3.50. The summed E-state index contributed by atoms with van der Waals surface area (Å²) in [6, 6.07) is -0.427. The first-order chi connectivity index (χ1) is 8.02. The quantitative estimate of drug-likeness (QED) is 0.656. The van der Waals surface area contributed by atoms with E-state index in [4.69, 9.17) is 5.11 Å². The molecule has 0 spiro atoms. The summed E-state index contributed by atoms with van der Waals surface area (Å²) in [4.78, 5) is 15.4. The van der Waals surface area contributed by atoms with Crippen LogP contribution in [0.1, 0.15) is 12.8 Å². The second-order valence-electron chi connectivity index (χ2n) is 5.15. The highest BCUT2D eigenvalue weighted by molar-refractivity contribution is 5.73. The maximum absolute atomic E-state index is 10.8. The van der Waals surface area contributed by atoms with Crippen LogP contribution in [0.25, 0.3) is 0 Å². The number of aliphatic carboxylic acids is 1. The molecule has 1 heterocycles. The molecule has 5 nitrogen and oxygen atoms in total. The average molecular weight is 243 g/mol. The van der Waals surface area contributed by atoms with Gasteiger partial charge in [0.15, 0.2) is 0 Å². The largest absolute Gasteiger partial charge is 0.480 e. The molecule has 5 heteroatoms. The van der Waals surface area contributed by atoms with E-state index in [1.807, 2.05) is 0 Å². The SMILES string of the molecule is CNC(CCN(C)CC1CCN(C)C1)C(=O)O. The second-order valence-corrected chi connectivity index (χ2v) is 5.15. The number of carbonyl (C=O) groups is 1. The molecule has 1 aliphatic heterocycles. The Morgan fingerprint density at radius 3 is 2.82 bits per heavy atom. The fourth-order valence-corrected chi connectivity index (χ4v) is 2.45. The summed E-state index contributed by atoms with van der Waals surface area (Å²) in [6.45, 7) is 4.25. The zero-order valence-corrected chi connectivity index (χ0v) is 11.1.